The number of aromatic nitrogens is 3. The average Bonchev–Trinajstić information content (AvgIpc) is 2.58. The van der Waals surface area contributed by atoms with Crippen molar-refractivity contribution in [2.45, 2.75) is 45.8 Å². The molecule has 1 atom stereocenters. The molecule has 1 aromatic rings. The quantitative estimate of drug-likeness (QED) is 0.761. The first kappa shape index (κ1) is 12.4. The van der Waals surface area contributed by atoms with Crippen molar-refractivity contribution in [2.24, 2.45) is 0 Å². The van der Waals surface area contributed by atoms with E-state index < -0.39 is 0 Å². The molecule has 0 saturated carbocycles. The topological polar surface area (TPSA) is 42.8 Å². The van der Waals surface area contributed by atoms with E-state index in [9.17, 15) is 0 Å². The third-order valence-corrected chi connectivity index (χ3v) is 2.77. The standard InChI is InChI=1S/C10H19N3OS/c1-4-7-13-9(11-12-10(13)15)6-5-8(2)14-3/h8H,4-7H2,1-3H3,(H,12,15). The van der Waals surface area contributed by atoms with Crippen LogP contribution >= 0.6 is 12.2 Å². The second-order valence-electron chi connectivity index (χ2n) is 3.68. The molecule has 0 amide bonds. The Morgan fingerprint density at radius 1 is 1.60 bits per heavy atom. The number of aromatic amines is 1. The molecule has 0 fully saturated rings. The van der Waals surface area contributed by atoms with Gasteiger partial charge in [-0.3, -0.25) is 5.10 Å². The molecule has 15 heavy (non-hydrogen) atoms. The van der Waals surface area contributed by atoms with E-state index in [4.69, 9.17) is 17.0 Å². The first-order valence-electron chi connectivity index (χ1n) is 5.35. The molecule has 0 bridgehead atoms. The monoisotopic (exact) mass is 229 g/mol. The van der Waals surface area contributed by atoms with Gasteiger partial charge in [0.15, 0.2) is 4.77 Å². The molecule has 5 heteroatoms. The summed E-state index contributed by atoms with van der Waals surface area (Å²) in [6, 6.07) is 0. The minimum absolute atomic E-state index is 0.269. The smallest absolute Gasteiger partial charge is 0.195 e. The van der Waals surface area contributed by atoms with E-state index in [1.807, 2.05) is 0 Å². The molecule has 4 nitrogen and oxygen atoms in total. The normalized spacial score (nSPS) is 13.0. The highest BCUT2D eigenvalue weighted by molar-refractivity contribution is 7.71. The number of nitrogens with zero attached hydrogens (tertiary/aromatic N) is 2. The van der Waals surface area contributed by atoms with E-state index in [2.05, 4.69) is 28.6 Å². The molecule has 1 unspecified atom stereocenters. The fourth-order valence-electron chi connectivity index (χ4n) is 1.45. The molecule has 0 aromatic carbocycles. The minimum atomic E-state index is 0.269. The fourth-order valence-corrected chi connectivity index (χ4v) is 1.69. The highest BCUT2D eigenvalue weighted by Gasteiger charge is 2.07. The maximum absolute atomic E-state index is 5.21. The van der Waals surface area contributed by atoms with Crippen LogP contribution in [0.5, 0.6) is 0 Å². The summed E-state index contributed by atoms with van der Waals surface area (Å²) in [5, 5.41) is 7.07. The van der Waals surface area contributed by atoms with Crippen molar-refractivity contribution >= 4 is 12.2 Å². The van der Waals surface area contributed by atoms with Gasteiger partial charge in [-0.1, -0.05) is 6.92 Å². The molecule has 0 aliphatic heterocycles. The predicted octanol–water partition coefficient (Wildman–Crippen LogP) is 2.32. The number of nitrogens with one attached hydrogen (secondary N) is 1. The van der Waals surface area contributed by atoms with Gasteiger partial charge < -0.3 is 9.30 Å². The van der Waals surface area contributed by atoms with Crippen LogP contribution in [0.25, 0.3) is 0 Å². The van der Waals surface area contributed by atoms with E-state index in [1.165, 1.54) is 0 Å². The van der Waals surface area contributed by atoms with E-state index in [1.54, 1.807) is 7.11 Å². The summed E-state index contributed by atoms with van der Waals surface area (Å²) in [4.78, 5) is 0. The summed E-state index contributed by atoms with van der Waals surface area (Å²) in [6.45, 7) is 5.13. The van der Waals surface area contributed by atoms with Crippen LogP contribution in [0.1, 0.15) is 32.5 Å². The van der Waals surface area contributed by atoms with E-state index in [0.29, 0.717) is 0 Å². The van der Waals surface area contributed by atoms with Crippen LogP contribution in [-0.2, 0) is 17.7 Å². The van der Waals surface area contributed by atoms with Crippen molar-refractivity contribution in [2.75, 3.05) is 7.11 Å². The summed E-state index contributed by atoms with van der Waals surface area (Å²) < 4.78 is 7.99. The second-order valence-corrected chi connectivity index (χ2v) is 4.07. The van der Waals surface area contributed by atoms with Crippen molar-refractivity contribution in [1.82, 2.24) is 14.8 Å². The maximum Gasteiger partial charge on any atom is 0.195 e. The van der Waals surface area contributed by atoms with Crippen LogP contribution in [0, 0.1) is 4.77 Å². The highest BCUT2D eigenvalue weighted by atomic mass is 32.1. The van der Waals surface area contributed by atoms with Crippen LogP contribution in [0.2, 0.25) is 0 Å². The zero-order chi connectivity index (χ0) is 11.3. The highest BCUT2D eigenvalue weighted by Crippen LogP contribution is 2.06. The van der Waals surface area contributed by atoms with Crippen molar-refractivity contribution < 1.29 is 4.74 Å². The number of rotatable bonds is 6. The Balaban J connectivity index is 2.64. The SMILES string of the molecule is CCCn1c(CCC(C)OC)n[nH]c1=S. The predicted molar refractivity (Wildman–Crippen MR) is 62.5 cm³/mol. The third kappa shape index (κ3) is 3.43. The molecule has 1 heterocycles. The Labute approximate surface area is 95.7 Å². The van der Waals surface area contributed by atoms with E-state index in [0.717, 1.165) is 36.4 Å². The number of hydrogen-bond acceptors (Lipinski definition) is 3. The lowest BCUT2D eigenvalue weighted by Crippen LogP contribution is -2.10. The summed E-state index contributed by atoms with van der Waals surface area (Å²) in [6.07, 6.45) is 3.22. The molecule has 1 N–H and O–H groups in total. The Morgan fingerprint density at radius 2 is 2.33 bits per heavy atom. The van der Waals surface area contributed by atoms with Gasteiger partial charge in [0.25, 0.3) is 0 Å². The molecule has 0 aliphatic carbocycles. The molecule has 0 saturated heterocycles. The zero-order valence-corrected chi connectivity index (χ0v) is 10.4. The molecule has 1 aromatic heterocycles. The Kier molecular flexibility index (Phi) is 4.98. The van der Waals surface area contributed by atoms with Crippen LogP contribution in [0.15, 0.2) is 0 Å². The van der Waals surface area contributed by atoms with Gasteiger partial charge in [0.1, 0.15) is 5.82 Å². The van der Waals surface area contributed by atoms with Gasteiger partial charge in [-0.15, -0.1) is 0 Å². The van der Waals surface area contributed by atoms with Crippen molar-refractivity contribution in [3.63, 3.8) is 0 Å². The van der Waals surface area contributed by atoms with Gasteiger partial charge in [-0.25, -0.2) is 0 Å². The van der Waals surface area contributed by atoms with Crippen LogP contribution in [0.4, 0.5) is 0 Å². The lowest BCUT2D eigenvalue weighted by Gasteiger charge is -2.09. The number of ether oxygens (including phenoxy) is 1. The van der Waals surface area contributed by atoms with Gasteiger partial charge in [-0.05, 0) is 32.0 Å². The molecule has 86 valence electrons. The van der Waals surface area contributed by atoms with Crippen molar-refractivity contribution in [3.8, 4) is 0 Å². The third-order valence-electron chi connectivity index (χ3n) is 2.46. The van der Waals surface area contributed by atoms with Gasteiger partial charge in [0.2, 0.25) is 0 Å². The zero-order valence-electron chi connectivity index (χ0n) is 9.62. The number of H-pyrrole nitrogens is 1. The summed E-state index contributed by atoms with van der Waals surface area (Å²) in [5.74, 6) is 1.03. The van der Waals surface area contributed by atoms with Gasteiger partial charge in [0, 0.05) is 20.1 Å². The average molecular weight is 229 g/mol. The van der Waals surface area contributed by atoms with Gasteiger partial charge >= 0.3 is 0 Å². The van der Waals surface area contributed by atoms with Gasteiger partial charge in [-0.2, -0.15) is 5.10 Å². The first-order valence-corrected chi connectivity index (χ1v) is 5.76. The summed E-state index contributed by atoms with van der Waals surface area (Å²) >= 11 is 5.16. The van der Waals surface area contributed by atoms with Crippen LogP contribution in [0.3, 0.4) is 0 Å². The molecule has 0 aliphatic rings. The maximum atomic E-state index is 5.21. The molecular formula is C10H19N3OS. The lowest BCUT2D eigenvalue weighted by atomic mass is 10.2. The summed E-state index contributed by atoms with van der Waals surface area (Å²) in [5.41, 5.74) is 0. The lowest BCUT2D eigenvalue weighted by molar-refractivity contribution is 0.110. The largest absolute Gasteiger partial charge is 0.382 e. The summed E-state index contributed by atoms with van der Waals surface area (Å²) in [7, 11) is 1.73. The van der Waals surface area contributed by atoms with E-state index >= 15 is 0 Å². The van der Waals surface area contributed by atoms with E-state index in [-0.39, 0.29) is 6.10 Å². The van der Waals surface area contributed by atoms with Crippen molar-refractivity contribution in [1.29, 1.82) is 0 Å². The molecule has 0 spiro atoms. The van der Waals surface area contributed by atoms with Crippen molar-refractivity contribution in [3.05, 3.63) is 10.6 Å². The molecule has 0 radical (unpaired) electrons. The minimum Gasteiger partial charge on any atom is -0.382 e. The Hall–Kier alpha value is -0.680. The van der Waals surface area contributed by atoms with Crippen LogP contribution in [-0.4, -0.2) is 28.0 Å². The number of methoxy groups -OCH3 is 1. The molecular weight excluding hydrogens is 210 g/mol. The number of hydrogen-bond donors (Lipinski definition) is 1. The Morgan fingerprint density at radius 3 is 2.93 bits per heavy atom. The Bertz CT molecular complexity index is 345. The second kappa shape index (κ2) is 6.02. The first-order chi connectivity index (χ1) is 7.19. The molecule has 1 rings (SSSR count). The number of aryl methyl sites for hydroxylation is 1. The van der Waals surface area contributed by atoms with Gasteiger partial charge in [0.05, 0.1) is 6.10 Å². The fraction of sp³-hybridized carbons (Fsp3) is 0.800. The van der Waals surface area contributed by atoms with Crippen LogP contribution < -0.4 is 0 Å².